The standard InChI is InChI=1S/C19H23F3N2O4S/c1-11(17(25)23-9-12-5-6-29(27,28)10-12)24-18(26)16-8-15(16)13-3-2-4-14(7-13)19(20,21)22/h2-4,7,11-12,15-16H,5-6,8-10H2,1H3,(H,23,25)(H,24,26). The van der Waals surface area contributed by atoms with Gasteiger partial charge in [-0.1, -0.05) is 18.2 Å². The Balaban J connectivity index is 1.48. The highest BCUT2D eigenvalue weighted by molar-refractivity contribution is 7.91. The van der Waals surface area contributed by atoms with Gasteiger partial charge in [-0.25, -0.2) is 8.42 Å². The molecule has 2 amide bonds. The molecule has 10 heteroatoms. The van der Waals surface area contributed by atoms with Gasteiger partial charge in [0.2, 0.25) is 11.8 Å². The molecule has 1 heterocycles. The summed E-state index contributed by atoms with van der Waals surface area (Å²) in [7, 11) is -3.02. The molecule has 0 radical (unpaired) electrons. The van der Waals surface area contributed by atoms with Crippen LogP contribution in [0.3, 0.4) is 0 Å². The molecule has 29 heavy (non-hydrogen) atoms. The Bertz CT molecular complexity index is 901. The summed E-state index contributed by atoms with van der Waals surface area (Å²) in [5.74, 6) is -1.50. The molecule has 0 aromatic heterocycles. The zero-order chi connectivity index (χ0) is 21.4. The maximum atomic E-state index is 12.8. The van der Waals surface area contributed by atoms with Crippen LogP contribution >= 0.6 is 0 Å². The van der Waals surface area contributed by atoms with E-state index < -0.39 is 39.4 Å². The molecule has 1 saturated heterocycles. The van der Waals surface area contributed by atoms with E-state index in [0.717, 1.165) is 12.1 Å². The van der Waals surface area contributed by atoms with Crippen LogP contribution in [0.5, 0.6) is 0 Å². The van der Waals surface area contributed by atoms with Crippen LogP contribution in [0.2, 0.25) is 0 Å². The van der Waals surface area contributed by atoms with Crippen molar-refractivity contribution in [2.75, 3.05) is 18.1 Å². The van der Waals surface area contributed by atoms with Gasteiger partial charge in [0.15, 0.2) is 9.84 Å². The van der Waals surface area contributed by atoms with Crippen molar-refractivity contribution in [2.24, 2.45) is 11.8 Å². The number of carbonyl (C=O) groups excluding carboxylic acids is 2. The fourth-order valence-corrected chi connectivity index (χ4v) is 5.48. The third kappa shape index (κ3) is 5.49. The van der Waals surface area contributed by atoms with E-state index in [1.54, 1.807) is 6.07 Å². The Labute approximate surface area is 167 Å². The zero-order valence-corrected chi connectivity index (χ0v) is 16.6. The first-order valence-corrected chi connectivity index (χ1v) is 11.2. The molecule has 160 valence electrons. The number of rotatable bonds is 6. The number of halogens is 3. The lowest BCUT2D eigenvalue weighted by Gasteiger charge is -2.16. The van der Waals surface area contributed by atoms with Crippen molar-refractivity contribution in [3.8, 4) is 0 Å². The van der Waals surface area contributed by atoms with Gasteiger partial charge in [0.05, 0.1) is 17.1 Å². The van der Waals surface area contributed by atoms with E-state index in [4.69, 9.17) is 0 Å². The molecule has 4 atom stereocenters. The molecule has 1 saturated carbocycles. The summed E-state index contributed by atoms with van der Waals surface area (Å²) in [6.45, 7) is 1.74. The molecule has 0 bridgehead atoms. The van der Waals surface area contributed by atoms with Crippen LogP contribution in [0, 0.1) is 11.8 Å². The summed E-state index contributed by atoms with van der Waals surface area (Å²) < 4.78 is 61.4. The van der Waals surface area contributed by atoms with Gasteiger partial charge in [-0.15, -0.1) is 0 Å². The number of amides is 2. The lowest BCUT2D eigenvalue weighted by Crippen LogP contribution is -2.46. The van der Waals surface area contributed by atoms with Gasteiger partial charge < -0.3 is 10.6 Å². The number of benzene rings is 1. The summed E-state index contributed by atoms with van der Waals surface area (Å²) in [6, 6.07) is 4.12. The van der Waals surface area contributed by atoms with Crippen LogP contribution in [0.4, 0.5) is 13.2 Å². The summed E-state index contributed by atoms with van der Waals surface area (Å²) >= 11 is 0. The van der Waals surface area contributed by atoms with Gasteiger partial charge in [0.25, 0.3) is 0 Å². The SMILES string of the molecule is CC(NC(=O)C1CC1c1cccc(C(F)(F)F)c1)C(=O)NCC1CCS(=O)(=O)C1. The van der Waals surface area contributed by atoms with Crippen molar-refractivity contribution >= 4 is 21.7 Å². The van der Waals surface area contributed by atoms with Crippen molar-refractivity contribution in [3.05, 3.63) is 35.4 Å². The summed E-state index contributed by atoms with van der Waals surface area (Å²) in [5.41, 5.74) is -0.290. The topological polar surface area (TPSA) is 92.3 Å². The molecular formula is C19H23F3N2O4S. The summed E-state index contributed by atoms with van der Waals surface area (Å²) in [4.78, 5) is 24.5. The molecular weight excluding hydrogens is 409 g/mol. The minimum absolute atomic E-state index is 0.0504. The van der Waals surface area contributed by atoms with E-state index in [1.807, 2.05) is 0 Å². The highest BCUT2D eigenvalue weighted by Crippen LogP contribution is 2.48. The number of hydrogen-bond donors (Lipinski definition) is 2. The number of hydrogen-bond acceptors (Lipinski definition) is 4. The highest BCUT2D eigenvalue weighted by Gasteiger charge is 2.45. The summed E-state index contributed by atoms with van der Waals surface area (Å²) in [6.07, 6.45) is -3.50. The first-order chi connectivity index (χ1) is 13.5. The second-order valence-electron chi connectivity index (χ2n) is 7.82. The fourth-order valence-electron chi connectivity index (χ4n) is 3.62. The van der Waals surface area contributed by atoms with Crippen LogP contribution in [0.1, 0.15) is 36.8 Å². The minimum atomic E-state index is -4.44. The fraction of sp³-hybridized carbons (Fsp3) is 0.579. The van der Waals surface area contributed by atoms with Gasteiger partial charge in [0, 0.05) is 12.5 Å². The lowest BCUT2D eigenvalue weighted by molar-refractivity contribution is -0.137. The van der Waals surface area contributed by atoms with Crippen LogP contribution in [0.25, 0.3) is 0 Å². The van der Waals surface area contributed by atoms with Gasteiger partial charge in [-0.05, 0) is 43.2 Å². The monoisotopic (exact) mass is 432 g/mol. The highest BCUT2D eigenvalue weighted by atomic mass is 32.2. The molecule has 2 N–H and O–H groups in total. The first-order valence-electron chi connectivity index (χ1n) is 9.42. The minimum Gasteiger partial charge on any atom is -0.354 e. The Morgan fingerprint density at radius 2 is 2.00 bits per heavy atom. The van der Waals surface area contributed by atoms with E-state index >= 15 is 0 Å². The van der Waals surface area contributed by atoms with E-state index in [9.17, 15) is 31.2 Å². The number of carbonyl (C=O) groups is 2. The van der Waals surface area contributed by atoms with Crippen molar-refractivity contribution in [3.63, 3.8) is 0 Å². The van der Waals surface area contributed by atoms with Crippen LogP contribution < -0.4 is 10.6 Å². The van der Waals surface area contributed by atoms with Crippen LogP contribution in [0.15, 0.2) is 24.3 Å². The van der Waals surface area contributed by atoms with Crippen molar-refractivity contribution in [1.29, 1.82) is 0 Å². The quantitative estimate of drug-likeness (QED) is 0.718. The van der Waals surface area contributed by atoms with Gasteiger partial charge in [0.1, 0.15) is 6.04 Å². The van der Waals surface area contributed by atoms with Gasteiger partial charge >= 0.3 is 6.18 Å². The molecule has 1 aliphatic heterocycles. The van der Waals surface area contributed by atoms with Gasteiger partial charge in [-0.3, -0.25) is 9.59 Å². The molecule has 1 aromatic carbocycles. The van der Waals surface area contributed by atoms with E-state index in [2.05, 4.69) is 10.6 Å². The van der Waals surface area contributed by atoms with Crippen LogP contribution in [-0.2, 0) is 25.6 Å². The molecule has 2 fully saturated rings. The molecule has 1 aliphatic carbocycles. The Morgan fingerprint density at radius 3 is 2.62 bits per heavy atom. The third-order valence-corrected chi connectivity index (χ3v) is 7.25. The number of alkyl halides is 3. The first kappa shape index (κ1) is 21.6. The average molecular weight is 432 g/mol. The molecule has 2 aliphatic rings. The largest absolute Gasteiger partial charge is 0.416 e. The second kappa shape index (κ2) is 7.97. The van der Waals surface area contributed by atoms with Crippen molar-refractivity contribution in [1.82, 2.24) is 10.6 Å². The Hall–Kier alpha value is -2.10. The average Bonchev–Trinajstić information content (AvgIpc) is 3.37. The van der Waals surface area contributed by atoms with E-state index in [0.29, 0.717) is 18.4 Å². The van der Waals surface area contributed by atoms with Crippen molar-refractivity contribution in [2.45, 2.75) is 37.9 Å². The number of sulfone groups is 1. The molecule has 3 rings (SSSR count). The van der Waals surface area contributed by atoms with E-state index in [1.165, 1.54) is 13.0 Å². The maximum absolute atomic E-state index is 12.8. The maximum Gasteiger partial charge on any atom is 0.416 e. The normalized spacial score (nSPS) is 26.6. The van der Waals surface area contributed by atoms with Gasteiger partial charge in [-0.2, -0.15) is 13.2 Å². The predicted molar refractivity (Wildman–Crippen MR) is 99.7 cm³/mol. The smallest absolute Gasteiger partial charge is 0.354 e. The second-order valence-corrected chi connectivity index (χ2v) is 10.0. The molecule has 1 aromatic rings. The predicted octanol–water partition coefficient (Wildman–Crippen LogP) is 1.86. The number of nitrogens with one attached hydrogen (secondary N) is 2. The Morgan fingerprint density at radius 1 is 1.28 bits per heavy atom. The summed E-state index contributed by atoms with van der Waals surface area (Å²) in [5, 5.41) is 5.24. The molecule has 6 nitrogen and oxygen atoms in total. The lowest BCUT2D eigenvalue weighted by atomic mass is 10.1. The Kier molecular flexibility index (Phi) is 5.93. The third-order valence-electron chi connectivity index (χ3n) is 5.41. The van der Waals surface area contributed by atoms with Crippen molar-refractivity contribution < 1.29 is 31.2 Å². The zero-order valence-electron chi connectivity index (χ0n) is 15.8. The molecule has 4 unspecified atom stereocenters. The van der Waals surface area contributed by atoms with E-state index in [-0.39, 0.29) is 35.8 Å². The van der Waals surface area contributed by atoms with Crippen LogP contribution in [-0.4, -0.2) is 44.3 Å². The molecule has 0 spiro atoms.